The summed E-state index contributed by atoms with van der Waals surface area (Å²) in [5, 5.41) is 10.6. The second-order valence-electron chi connectivity index (χ2n) is 8.09. The van der Waals surface area contributed by atoms with Gasteiger partial charge >= 0.3 is 0 Å². The normalized spacial score (nSPS) is 14.0. The highest BCUT2D eigenvalue weighted by Gasteiger charge is 2.22. The van der Waals surface area contributed by atoms with E-state index in [0.717, 1.165) is 17.4 Å². The van der Waals surface area contributed by atoms with Crippen LogP contribution in [0.3, 0.4) is 0 Å². The van der Waals surface area contributed by atoms with Crippen molar-refractivity contribution in [1.29, 1.82) is 5.41 Å². The quantitative estimate of drug-likeness (QED) is 0.463. The predicted molar refractivity (Wildman–Crippen MR) is 122 cm³/mol. The van der Waals surface area contributed by atoms with Crippen LogP contribution < -0.4 is 0 Å². The Bertz CT molecular complexity index is 1190. The molecular formula is C27H27N. The van der Waals surface area contributed by atoms with Crippen LogP contribution in [-0.4, -0.2) is 6.21 Å². The van der Waals surface area contributed by atoms with Gasteiger partial charge in [0.1, 0.15) is 0 Å². The Balaban J connectivity index is 2.14. The third-order valence-electron chi connectivity index (χ3n) is 6.28. The number of hydrogen-bond donors (Lipinski definition) is 1. The molecule has 4 rings (SSSR count). The summed E-state index contributed by atoms with van der Waals surface area (Å²) in [5.74, 6) is 0. The van der Waals surface area contributed by atoms with Crippen LogP contribution in [0.2, 0.25) is 0 Å². The summed E-state index contributed by atoms with van der Waals surface area (Å²) in [6.45, 7) is 11.0. The van der Waals surface area contributed by atoms with Crippen LogP contribution >= 0.6 is 0 Å². The van der Waals surface area contributed by atoms with E-state index in [9.17, 15) is 0 Å². The number of fused-ring (bicyclic) bond motifs is 1. The van der Waals surface area contributed by atoms with E-state index in [4.69, 9.17) is 5.41 Å². The van der Waals surface area contributed by atoms with Crippen LogP contribution in [0.4, 0.5) is 0 Å². The maximum atomic E-state index is 8.27. The fourth-order valence-electron chi connectivity index (χ4n) is 4.52. The fourth-order valence-corrected chi connectivity index (χ4v) is 4.52. The molecule has 140 valence electrons. The summed E-state index contributed by atoms with van der Waals surface area (Å²) in [4.78, 5) is 0. The molecule has 0 aromatic heterocycles. The molecule has 1 nitrogen and oxygen atoms in total. The SMILES string of the molecule is CC1=CC(C)=C(c2c(-c3ccc(C)c(C)c3C)cc3ccccc3c2C=N)C1. The zero-order chi connectivity index (χ0) is 20.0. The Morgan fingerprint density at radius 1 is 0.857 bits per heavy atom. The number of hydrogen-bond acceptors (Lipinski definition) is 1. The van der Waals surface area contributed by atoms with E-state index >= 15 is 0 Å². The Hall–Kier alpha value is -2.93. The van der Waals surface area contributed by atoms with Crippen LogP contribution in [0.15, 0.2) is 59.7 Å². The van der Waals surface area contributed by atoms with E-state index in [-0.39, 0.29) is 0 Å². The zero-order valence-corrected chi connectivity index (χ0v) is 17.4. The minimum Gasteiger partial charge on any atom is -0.308 e. The molecular weight excluding hydrogens is 338 g/mol. The largest absolute Gasteiger partial charge is 0.308 e. The third kappa shape index (κ3) is 2.82. The number of nitrogens with one attached hydrogen (secondary N) is 1. The van der Waals surface area contributed by atoms with E-state index < -0.39 is 0 Å². The number of rotatable bonds is 3. The first kappa shape index (κ1) is 18.4. The van der Waals surface area contributed by atoms with Gasteiger partial charge in [-0.25, -0.2) is 0 Å². The van der Waals surface area contributed by atoms with Gasteiger partial charge in [0, 0.05) is 11.8 Å². The molecule has 1 heteroatoms. The van der Waals surface area contributed by atoms with E-state index in [0.29, 0.717) is 0 Å². The summed E-state index contributed by atoms with van der Waals surface area (Å²) in [5.41, 5.74) is 12.8. The van der Waals surface area contributed by atoms with Gasteiger partial charge in [0.15, 0.2) is 0 Å². The van der Waals surface area contributed by atoms with Gasteiger partial charge in [-0.15, -0.1) is 0 Å². The van der Waals surface area contributed by atoms with E-state index in [1.165, 1.54) is 55.5 Å². The minimum atomic E-state index is 0.960. The Morgan fingerprint density at radius 2 is 1.61 bits per heavy atom. The molecule has 0 saturated carbocycles. The third-order valence-corrected chi connectivity index (χ3v) is 6.28. The second-order valence-corrected chi connectivity index (χ2v) is 8.09. The topological polar surface area (TPSA) is 23.9 Å². The van der Waals surface area contributed by atoms with Crippen molar-refractivity contribution in [3.63, 3.8) is 0 Å². The Labute approximate surface area is 167 Å². The van der Waals surface area contributed by atoms with Crippen molar-refractivity contribution in [3.8, 4) is 11.1 Å². The highest BCUT2D eigenvalue weighted by molar-refractivity contribution is 6.09. The lowest BCUT2D eigenvalue weighted by molar-refractivity contribution is 1.25. The Kier molecular flexibility index (Phi) is 4.55. The molecule has 0 spiro atoms. The number of aryl methyl sites for hydroxylation is 1. The van der Waals surface area contributed by atoms with Gasteiger partial charge in [0.05, 0.1) is 0 Å². The minimum absolute atomic E-state index is 0.960. The first-order chi connectivity index (χ1) is 13.4. The van der Waals surface area contributed by atoms with Crippen LogP contribution in [0.5, 0.6) is 0 Å². The first-order valence-electron chi connectivity index (χ1n) is 9.93. The molecule has 3 aromatic carbocycles. The zero-order valence-electron chi connectivity index (χ0n) is 17.4. The van der Waals surface area contributed by atoms with Crippen molar-refractivity contribution in [2.45, 2.75) is 41.0 Å². The van der Waals surface area contributed by atoms with Crippen LogP contribution in [0.1, 0.15) is 48.1 Å². The molecule has 0 unspecified atom stereocenters. The molecule has 1 N–H and O–H groups in total. The van der Waals surface area contributed by atoms with Crippen LogP contribution in [0, 0.1) is 26.2 Å². The average molecular weight is 366 g/mol. The molecule has 1 aliphatic carbocycles. The van der Waals surface area contributed by atoms with Gasteiger partial charge in [0.2, 0.25) is 0 Å². The summed E-state index contributed by atoms with van der Waals surface area (Å²) in [6.07, 6.45) is 4.79. The Morgan fingerprint density at radius 3 is 2.29 bits per heavy atom. The molecule has 0 heterocycles. The number of benzene rings is 3. The summed E-state index contributed by atoms with van der Waals surface area (Å²) < 4.78 is 0. The van der Waals surface area contributed by atoms with Crippen LogP contribution in [0.25, 0.3) is 27.5 Å². The monoisotopic (exact) mass is 365 g/mol. The average Bonchev–Trinajstić information content (AvgIpc) is 3.02. The van der Waals surface area contributed by atoms with Crippen LogP contribution in [-0.2, 0) is 0 Å². The van der Waals surface area contributed by atoms with Crippen molar-refractivity contribution in [3.05, 3.63) is 87.5 Å². The molecule has 0 bridgehead atoms. The molecule has 0 radical (unpaired) electrons. The highest BCUT2D eigenvalue weighted by atomic mass is 14.4. The molecule has 0 fully saturated rings. The second kappa shape index (κ2) is 6.91. The van der Waals surface area contributed by atoms with Gasteiger partial charge in [0.25, 0.3) is 0 Å². The van der Waals surface area contributed by atoms with Crippen molar-refractivity contribution < 1.29 is 0 Å². The van der Waals surface area contributed by atoms with E-state index in [2.05, 4.69) is 83.2 Å². The molecule has 0 aliphatic heterocycles. The predicted octanol–water partition coefficient (Wildman–Crippen LogP) is 7.55. The maximum absolute atomic E-state index is 8.27. The highest BCUT2D eigenvalue weighted by Crippen LogP contribution is 2.43. The van der Waals surface area contributed by atoms with Gasteiger partial charge in [-0.1, -0.05) is 48.0 Å². The summed E-state index contributed by atoms with van der Waals surface area (Å²) >= 11 is 0. The van der Waals surface area contributed by atoms with Gasteiger partial charge < -0.3 is 5.41 Å². The smallest absolute Gasteiger partial charge is 0.0262 e. The van der Waals surface area contributed by atoms with Crippen molar-refractivity contribution >= 4 is 22.6 Å². The maximum Gasteiger partial charge on any atom is 0.0262 e. The van der Waals surface area contributed by atoms with E-state index in [1.807, 2.05) is 0 Å². The van der Waals surface area contributed by atoms with Crippen molar-refractivity contribution in [1.82, 2.24) is 0 Å². The van der Waals surface area contributed by atoms with Gasteiger partial charge in [-0.05, 0) is 102 Å². The molecule has 0 atom stereocenters. The molecule has 0 saturated heterocycles. The molecule has 28 heavy (non-hydrogen) atoms. The van der Waals surface area contributed by atoms with Crippen molar-refractivity contribution in [2.24, 2.45) is 0 Å². The standard InChI is InChI=1S/C27H27N/c1-16-12-18(3)24(13-16)27-25(22-11-10-17(2)19(4)20(22)5)14-21-8-6-7-9-23(21)26(27)15-28/h6-12,14-15,28H,13H2,1-5H3. The lowest BCUT2D eigenvalue weighted by atomic mass is 9.83. The number of allylic oxidation sites excluding steroid dienone is 4. The molecule has 3 aromatic rings. The van der Waals surface area contributed by atoms with E-state index in [1.54, 1.807) is 6.21 Å². The summed E-state index contributed by atoms with van der Waals surface area (Å²) in [7, 11) is 0. The summed E-state index contributed by atoms with van der Waals surface area (Å²) in [6, 6.07) is 15.2. The van der Waals surface area contributed by atoms with Gasteiger partial charge in [-0.2, -0.15) is 0 Å². The van der Waals surface area contributed by atoms with Gasteiger partial charge in [-0.3, -0.25) is 0 Å². The van der Waals surface area contributed by atoms with Crippen molar-refractivity contribution in [2.75, 3.05) is 0 Å². The molecule has 1 aliphatic rings. The lowest BCUT2D eigenvalue weighted by Crippen LogP contribution is -2.01. The molecule has 0 amide bonds. The lowest BCUT2D eigenvalue weighted by Gasteiger charge is -2.21. The fraction of sp³-hybridized carbons (Fsp3) is 0.222. The first-order valence-corrected chi connectivity index (χ1v) is 9.93.